The number of amides is 2. The molecule has 2 aliphatic rings. The minimum atomic E-state index is -0.991. The summed E-state index contributed by atoms with van der Waals surface area (Å²) in [5.74, 6) is -1.45. The average molecular weight is 459 g/mol. The summed E-state index contributed by atoms with van der Waals surface area (Å²) in [4.78, 5) is 15.1. The first-order chi connectivity index (χ1) is 15.8. The number of rotatable bonds is 6. The molecular weight excluding hydrogens is 435 g/mol. The molecule has 0 unspecified atom stereocenters. The molecule has 4 N–H and O–H groups in total. The van der Waals surface area contributed by atoms with Crippen LogP contribution in [-0.4, -0.2) is 48.0 Å². The molecule has 1 aliphatic carbocycles. The van der Waals surface area contributed by atoms with Gasteiger partial charge in [0.15, 0.2) is 0 Å². The van der Waals surface area contributed by atoms with Gasteiger partial charge >= 0.3 is 6.03 Å². The maximum atomic E-state index is 14.5. The number of H-pyrrole nitrogens is 1. The fourth-order valence-electron chi connectivity index (χ4n) is 4.63. The summed E-state index contributed by atoms with van der Waals surface area (Å²) in [5, 5.41) is 15.9. The van der Waals surface area contributed by atoms with Crippen molar-refractivity contribution in [3.8, 4) is 11.3 Å². The van der Waals surface area contributed by atoms with Gasteiger partial charge in [0.25, 0.3) is 0 Å². The number of carbonyl (C=O) groups is 1. The molecule has 0 bridgehead atoms. The molecule has 3 aromatic rings. The highest BCUT2D eigenvalue weighted by molar-refractivity contribution is 5.92. The monoisotopic (exact) mass is 459 g/mol. The Morgan fingerprint density at radius 3 is 2.48 bits per heavy atom. The number of aromatic amines is 1. The van der Waals surface area contributed by atoms with Crippen molar-refractivity contribution in [2.45, 2.75) is 24.4 Å². The third-order valence-electron chi connectivity index (χ3n) is 6.51. The average Bonchev–Trinajstić information content (AvgIpc) is 3.09. The molecule has 2 fully saturated rings. The van der Waals surface area contributed by atoms with Crippen molar-refractivity contribution >= 4 is 16.9 Å². The maximum Gasteiger partial charge on any atom is 0.314 e. The van der Waals surface area contributed by atoms with Gasteiger partial charge < -0.3 is 25.5 Å². The largest absolute Gasteiger partial charge is 0.383 e. The Labute approximate surface area is 188 Å². The Morgan fingerprint density at radius 1 is 1.09 bits per heavy atom. The number of carbonyl (C=O) groups excluding carboxylic acids is 1. The molecule has 1 saturated carbocycles. The topological polar surface area (TPSA) is 86.4 Å². The van der Waals surface area contributed by atoms with Crippen LogP contribution in [0, 0.1) is 23.4 Å². The van der Waals surface area contributed by atoms with E-state index in [1.54, 1.807) is 12.1 Å². The zero-order chi connectivity index (χ0) is 23.2. The van der Waals surface area contributed by atoms with E-state index in [0.717, 1.165) is 24.5 Å². The molecule has 1 saturated heterocycles. The molecule has 2 heterocycles. The fraction of sp³-hybridized carbons (Fsp3) is 0.375. The van der Waals surface area contributed by atoms with E-state index in [1.165, 1.54) is 18.2 Å². The highest BCUT2D eigenvalue weighted by Gasteiger charge is 2.37. The lowest BCUT2D eigenvalue weighted by molar-refractivity contribution is -0.173. The number of hydrogen-bond donors (Lipinski definition) is 4. The summed E-state index contributed by atoms with van der Waals surface area (Å²) >= 11 is 0. The first kappa shape index (κ1) is 21.8. The van der Waals surface area contributed by atoms with Crippen LogP contribution in [0.4, 0.5) is 18.0 Å². The SMILES string of the molecule is O=C(NCC1(O)COC1)NC[C@H]1C[C@H](c2c(-c3ccc(F)cc3)[nH]c3c(F)cc(F)cc32)C1. The van der Waals surface area contributed by atoms with Crippen LogP contribution >= 0.6 is 0 Å². The van der Waals surface area contributed by atoms with Gasteiger partial charge in [0.1, 0.15) is 23.1 Å². The molecule has 1 aromatic heterocycles. The van der Waals surface area contributed by atoms with E-state index in [4.69, 9.17) is 4.74 Å². The van der Waals surface area contributed by atoms with Crippen molar-refractivity contribution in [2.75, 3.05) is 26.3 Å². The number of urea groups is 1. The number of benzene rings is 2. The normalized spacial score (nSPS) is 21.3. The van der Waals surface area contributed by atoms with Gasteiger partial charge in [-0.25, -0.2) is 18.0 Å². The Bertz CT molecular complexity index is 1190. The molecule has 0 atom stereocenters. The van der Waals surface area contributed by atoms with Crippen molar-refractivity contribution in [1.29, 1.82) is 0 Å². The van der Waals surface area contributed by atoms with Gasteiger partial charge in [-0.05, 0) is 66.1 Å². The molecule has 33 heavy (non-hydrogen) atoms. The number of fused-ring (bicyclic) bond motifs is 1. The summed E-state index contributed by atoms with van der Waals surface area (Å²) in [6, 6.07) is 7.70. The maximum absolute atomic E-state index is 14.5. The molecular formula is C24H24F3N3O3. The number of hydrogen-bond acceptors (Lipinski definition) is 3. The third-order valence-corrected chi connectivity index (χ3v) is 6.51. The summed E-state index contributed by atoms with van der Waals surface area (Å²) < 4.78 is 46.9. The summed E-state index contributed by atoms with van der Waals surface area (Å²) in [6.07, 6.45) is 1.47. The fourth-order valence-corrected chi connectivity index (χ4v) is 4.63. The molecule has 2 aromatic carbocycles. The molecule has 0 spiro atoms. The molecule has 5 rings (SSSR count). The van der Waals surface area contributed by atoms with E-state index in [2.05, 4.69) is 15.6 Å². The molecule has 2 amide bonds. The second-order valence-corrected chi connectivity index (χ2v) is 9.05. The molecule has 174 valence electrons. The van der Waals surface area contributed by atoms with Crippen LogP contribution in [0.3, 0.4) is 0 Å². The summed E-state index contributed by atoms with van der Waals surface area (Å²) in [6.45, 7) is 0.993. The molecule has 1 aliphatic heterocycles. The lowest BCUT2D eigenvalue weighted by atomic mass is 9.70. The highest BCUT2D eigenvalue weighted by atomic mass is 19.1. The first-order valence-electron chi connectivity index (χ1n) is 10.9. The number of aromatic nitrogens is 1. The van der Waals surface area contributed by atoms with Gasteiger partial charge in [-0.15, -0.1) is 0 Å². The highest BCUT2D eigenvalue weighted by Crippen LogP contribution is 2.48. The smallest absolute Gasteiger partial charge is 0.314 e. The van der Waals surface area contributed by atoms with Crippen LogP contribution in [0.15, 0.2) is 36.4 Å². The van der Waals surface area contributed by atoms with E-state index in [-0.39, 0.29) is 49.0 Å². The molecule has 9 heteroatoms. The van der Waals surface area contributed by atoms with Crippen molar-refractivity contribution in [3.63, 3.8) is 0 Å². The number of halogens is 3. The Balaban J connectivity index is 1.29. The number of nitrogens with one attached hydrogen (secondary N) is 3. The summed E-state index contributed by atoms with van der Waals surface area (Å²) in [7, 11) is 0. The zero-order valence-electron chi connectivity index (χ0n) is 17.8. The van der Waals surface area contributed by atoms with E-state index in [9.17, 15) is 23.1 Å². The van der Waals surface area contributed by atoms with Gasteiger partial charge in [-0.2, -0.15) is 0 Å². The van der Waals surface area contributed by atoms with Gasteiger partial charge in [0.05, 0.1) is 31.0 Å². The van der Waals surface area contributed by atoms with Crippen molar-refractivity contribution in [2.24, 2.45) is 5.92 Å². The van der Waals surface area contributed by atoms with Crippen LogP contribution in [0.25, 0.3) is 22.2 Å². The lowest BCUT2D eigenvalue weighted by Crippen LogP contribution is -2.58. The second-order valence-electron chi connectivity index (χ2n) is 9.05. The quantitative estimate of drug-likeness (QED) is 0.452. The van der Waals surface area contributed by atoms with Crippen molar-refractivity contribution in [3.05, 3.63) is 59.4 Å². The minimum absolute atomic E-state index is 0.0442. The van der Waals surface area contributed by atoms with Gasteiger partial charge in [0, 0.05) is 18.0 Å². The predicted octanol–water partition coefficient (Wildman–Crippen LogP) is 3.81. The van der Waals surface area contributed by atoms with Crippen LogP contribution in [-0.2, 0) is 4.74 Å². The lowest BCUT2D eigenvalue weighted by Gasteiger charge is -2.37. The van der Waals surface area contributed by atoms with E-state index in [1.807, 2.05) is 0 Å². The van der Waals surface area contributed by atoms with Crippen LogP contribution < -0.4 is 10.6 Å². The molecule has 6 nitrogen and oxygen atoms in total. The van der Waals surface area contributed by atoms with E-state index < -0.39 is 17.2 Å². The van der Waals surface area contributed by atoms with Crippen molar-refractivity contribution in [1.82, 2.24) is 15.6 Å². The Morgan fingerprint density at radius 2 is 1.82 bits per heavy atom. The second kappa shape index (κ2) is 8.39. The number of ether oxygens (including phenoxy) is 1. The standard InChI is InChI=1S/C24H24F3N3O3/c25-16-3-1-14(2-4-16)21-20(18-7-17(26)8-19(27)22(18)30-21)15-5-13(6-15)9-28-23(31)29-10-24(32)11-33-12-24/h1-4,7-8,13,15,30,32H,5-6,9-12H2,(H2,28,29,31)/t13-,15-. The van der Waals surface area contributed by atoms with Crippen LogP contribution in [0.5, 0.6) is 0 Å². The number of aliphatic hydroxyl groups is 1. The van der Waals surface area contributed by atoms with E-state index in [0.29, 0.717) is 23.2 Å². The third kappa shape index (κ3) is 4.30. The predicted molar refractivity (Wildman–Crippen MR) is 116 cm³/mol. The van der Waals surface area contributed by atoms with E-state index >= 15 is 0 Å². The minimum Gasteiger partial charge on any atom is -0.383 e. The van der Waals surface area contributed by atoms with Crippen LogP contribution in [0.1, 0.15) is 24.3 Å². The zero-order valence-corrected chi connectivity index (χ0v) is 17.8. The first-order valence-corrected chi connectivity index (χ1v) is 10.9. The molecule has 0 radical (unpaired) electrons. The summed E-state index contributed by atoms with van der Waals surface area (Å²) in [5.41, 5.74) is 1.39. The Kier molecular flexibility index (Phi) is 5.54. The van der Waals surface area contributed by atoms with Gasteiger partial charge in [-0.1, -0.05) is 0 Å². The van der Waals surface area contributed by atoms with Crippen LogP contribution in [0.2, 0.25) is 0 Å². The Hall–Kier alpha value is -3.04. The van der Waals surface area contributed by atoms with Gasteiger partial charge in [0.2, 0.25) is 0 Å². The van der Waals surface area contributed by atoms with Gasteiger partial charge in [-0.3, -0.25) is 0 Å². The van der Waals surface area contributed by atoms with Crippen molar-refractivity contribution < 1.29 is 27.8 Å².